The van der Waals surface area contributed by atoms with E-state index in [0.717, 1.165) is 35.2 Å². The lowest BCUT2D eigenvalue weighted by Crippen LogP contribution is -2.31. The molecule has 5 rings (SSSR count). The summed E-state index contributed by atoms with van der Waals surface area (Å²) in [6, 6.07) is 14.9. The van der Waals surface area contributed by atoms with E-state index >= 15 is 0 Å². The number of benzene rings is 2. The molecule has 2 aromatic carbocycles. The monoisotopic (exact) mass is 429 g/mol. The summed E-state index contributed by atoms with van der Waals surface area (Å²) in [6.45, 7) is 1.77. The number of carbonyl (C=O) groups excluding carboxylic acids is 1. The van der Waals surface area contributed by atoms with Gasteiger partial charge in [-0.25, -0.2) is 9.36 Å². The van der Waals surface area contributed by atoms with Crippen molar-refractivity contribution in [3.8, 4) is 11.4 Å². The highest BCUT2D eigenvalue weighted by atomic mass is 16.5. The van der Waals surface area contributed by atoms with E-state index in [-0.39, 0.29) is 23.9 Å². The zero-order valence-corrected chi connectivity index (χ0v) is 17.9. The molecule has 0 saturated heterocycles. The molecule has 1 aliphatic rings. The fourth-order valence-electron chi connectivity index (χ4n) is 3.92. The van der Waals surface area contributed by atoms with Crippen molar-refractivity contribution in [2.45, 2.75) is 32.2 Å². The summed E-state index contributed by atoms with van der Waals surface area (Å²) in [6.07, 6.45) is 3.75. The molecule has 32 heavy (non-hydrogen) atoms. The molecule has 1 aliphatic carbocycles. The van der Waals surface area contributed by atoms with Gasteiger partial charge in [0.2, 0.25) is 5.91 Å². The molecule has 0 spiro atoms. The first-order chi connectivity index (χ1) is 15.6. The van der Waals surface area contributed by atoms with E-state index in [4.69, 9.17) is 4.74 Å². The number of rotatable bonds is 6. The maximum Gasteiger partial charge on any atom is 0.293 e. The summed E-state index contributed by atoms with van der Waals surface area (Å²) in [5.74, 6) is 0.483. The average molecular weight is 429 g/mol. The van der Waals surface area contributed by atoms with E-state index < -0.39 is 0 Å². The number of amides is 1. The molecule has 1 amide bonds. The molecule has 8 nitrogen and oxygen atoms in total. The highest BCUT2D eigenvalue weighted by molar-refractivity contribution is 5.92. The van der Waals surface area contributed by atoms with Gasteiger partial charge < -0.3 is 10.1 Å². The lowest BCUT2D eigenvalue weighted by atomic mass is 10.2. The van der Waals surface area contributed by atoms with Crippen molar-refractivity contribution >= 4 is 22.5 Å². The van der Waals surface area contributed by atoms with Gasteiger partial charge in [-0.2, -0.15) is 10.2 Å². The SMILES string of the molecule is COc1ccccc1NC(=O)Cn1nc(C2CC2)c2cnn(-c3ccccc3C)c2c1=O. The number of anilines is 1. The van der Waals surface area contributed by atoms with Crippen molar-refractivity contribution in [1.29, 1.82) is 0 Å². The maximum atomic E-state index is 13.4. The zero-order valence-electron chi connectivity index (χ0n) is 17.9. The molecule has 0 unspecified atom stereocenters. The largest absolute Gasteiger partial charge is 0.495 e. The van der Waals surface area contributed by atoms with Crippen LogP contribution in [0.1, 0.15) is 30.0 Å². The van der Waals surface area contributed by atoms with E-state index in [9.17, 15) is 9.59 Å². The van der Waals surface area contributed by atoms with Crippen LogP contribution in [0.4, 0.5) is 5.69 Å². The number of aromatic nitrogens is 4. The summed E-state index contributed by atoms with van der Waals surface area (Å²) in [5, 5.41) is 12.7. The Balaban J connectivity index is 1.57. The van der Waals surface area contributed by atoms with Crippen molar-refractivity contribution in [3.05, 3.63) is 76.3 Å². The molecule has 0 radical (unpaired) electrons. The standard InChI is InChI=1S/C24H23N5O3/c1-15-7-3-5-9-19(15)29-23-17(13-25-29)22(16-11-12-16)27-28(24(23)31)14-21(30)26-18-8-4-6-10-20(18)32-2/h3-10,13,16H,11-12,14H2,1-2H3,(H,26,30). The first kappa shape index (κ1) is 20.0. The van der Waals surface area contributed by atoms with Crippen LogP contribution in [0.25, 0.3) is 16.6 Å². The number of carbonyl (C=O) groups is 1. The second kappa shape index (κ2) is 7.96. The van der Waals surface area contributed by atoms with Crippen molar-refractivity contribution in [2.24, 2.45) is 0 Å². The Bertz CT molecular complexity index is 1380. The summed E-state index contributed by atoms with van der Waals surface area (Å²) in [5.41, 5.74) is 3.30. The molecule has 1 fully saturated rings. The molecule has 162 valence electrons. The highest BCUT2D eigenvalue weighted by Crippen LogP contribution is 2.41. The van der Waals surface area contributed by atoms with Crippen LogP contribution in [0.15, 0.2) is 59.5 Å². The fraction of sp³-hybridized carbons (Fsp3) is 0.250. The van der Waals surface area contributed by atoms with Crippen LogP contribution < -0.4 is 15.6 Å². The van der Waals surface area contributed by atoms with Gasteiger partial charge in [0.05, 0.1) is 30.4 Å². The van der Waals surface area contributed by atoms with Crippen molar-refractivity contribution in [3.63, 3.8) is 0 Å². The quantitative estimate of drug-likeness (QED) is 0.507. The number of fused-ring (bicyclic) bond motifs is 1. The summed E-state index contributed by atoms with van der Waals surface area (Å²) in [4.78, 5) is 26.2. The van der Waals surface area contributed by atoms with Crippen LogP contribution in [0.2, 0.25) is 0 Å². The van der Waals surface area contributed by atoms with Crippen LogP contribution in [-0.4, -0.2) is 32.6 Å². The number of aryl methyl sites for hydroxylation is 1. The lowest BCUT2D eigenvalue weighted by Gasteiger charge is -2.12. The number of para-hydroxylation sites is 3. The Morgan fingerprint density at radius 2 is 1.91 bits per heavy atom. The predicted molar refractivity (Wildman–Crippen MR) is 121 cm³/mol. The van der Waals surface area contributed by atoms with E-state index in [0.29, 0.717) is 17.0 Å². The Morgan fingerprint density at radius 1 is 1.16 bits per heavy atom. The maximum absolute atomic E-state index is 13.4. The Kier molecular flexibility index (Phi) is 4.97. The van der Waals surface area contributed by atoms with Gasteiger partial charge in [0, 0.05) is 11.3 Å². The number of hydrogen-bond acceptors (Lipinski definition) is 5. The third-order valence-electron chi connectivity index (χ3n) is 5.69. The molecule has 1 N–H and O–H groups in total. The van der Waals surface area contributed by atoms with E-state index in [1.165, 1.54) is 4.68 Å². The van der Waals surface area contributed by atoms with Crippen LogP contribution in [0.3, 0.4) is 0 Å². The van der Waals surface area contributed by atoms with Crippen LogP contribution in [0, 0.1) is 6.92 Å². The number of hydrogen-bond donors (Lipinski definition) is 1. The molecule has 1 saturated carbocycles. The van der Waals surface area contributed by atoms with Gasteiger partial charge in [0.25, 0.3) is 5.56 Å². The predicted octanol–water partition coefficient (Wildman–Crippen LogP) is 3.42. The van der Waals surface area contributed by atoms with Crippen molar-refractivity contribution < 1.29 is 9.53 Å². The van der Waals surface area contributed by atoms with Gasteiger partial charge in [0.15, 0.2) is 0 Å². The van der Waals surface area contributed by atoms with Gasteiger partial charge in [0.1, 0.15) is 17.8 Å². The number of nitrogens with zero attached hydrogens (tertiary/aromatic N) is 4. The van der Waals surface area contributed by atoms with Crippen LogP contribution in [-0.2, 0) is 11.3 Å². The van der Waals surface area contributed by atoms with Crippen molar-refractivity contribution in [1.82, 2.24) is 19.6 Å². The Morgan fingerprint density at radius 3 is 2.66 bits per heavy atom. The summed E-state index contributed by atoms with van der Waals surface area (Å²) >= 11 is 0. The minimum Gasteiger partial charge on any atom is -0.495 e. The summed E-state index contributed by atoms with van der Waals surface area (Å²) in [7, 11) is 1.54. The topological polar surface area (TPSA) is 91.0 Å². The van der Waals surface area contributed by atoms with E-state index in [1.54, 1.807) is 36.2 Å². The fourth-order valence-corrected chi connectivity index (χ4v) is 3.92. The molecule has 4 aromatic rings. The first-order valence-electron chi connectivity index (χ1n) is 10.5. The normalized spacial score (nSPS) is 13.3. The third-order valence-corrected chi connectivity index (χ3v) is 5.69. The molecule has 2 heterocycles. The van der Waals surface area contributed by atoms with Crippen molar-refractivity contribution in [2.75, 3.05) is 12.4 Å². The molecular weight excluding hydrogens is 406 g/mol. The number of nitrogens with one attached hydrogen (secondary N) is 1. The highest BCUT2D eigenvalue weighted by Gasteiger charge is 2.30. The third kappa shape index (κ3) is 3.53. The minimum atomic E-state index is -0.354. The smallest absolute Gasteiger partial charge is 0.293 e. The number of ether oxygens (including phenoxy) is 1. The lowest BCUT2D eigenvalue weighted by molar-refractivity contribution is -0.117. The van der Waals surface area contributed by atoms with E-state index in [2.05, 4.69) is 15.5 Å². The molecule has 0 bridgehead atoms. The van der Waals surface area contributed by atoms with Gasteiger partial charge in [-0.15, -0.1) is 0 Å². The van der Waals surface area contributed by atoms with E-state index in [1.807, 2.05) is 37.3 Å². The Hall–Kier alpha value is -3.94. The molecule has 8 heteroatoms. The Labute approximate surface area is 184 Å². The second-order valence-corrected chi connectivity index (χ2v) is 7.98. The molecule has 2 aromatic heterocycles. The molecule has 0 atom stereocenters. The van der Waals surface area contributed by atoms with Crippen LogP contribution >= 0.6 is 0 Å². The first-order valence-corrected chi connectivity index (χ1v) is 10.5. The molecular formula is C24H23N5O3. The summed E-state index contributed by atoms with van der Waals surface area (Å²) < 4.78 is 8.20. The van der Waals surface area contributed by atoms with Gasteiger partial charge in [-0.05, 0) is 43.5 Å². The minimum absolute atomic E-state index is 0.203. The second-order valence-electron chi connectivity index (χ2n) is 7.98. The van der Waals surface area contributed by atoms with Gasteiger partial charge in [-0.1, -0.05) is 30.3 Å². The van der Waals surface area contributed by atoms with Gasteiger partial charge >= 0.3 is 0 Å². The van der Waals surface area contributed by atoms with Crippen LogP contribution in [0.5, 0.6) is 5.75 Å². The molecule has 0 aliphatic heterocycles. The average Bonchev–Trinajstić information content (AvgIpc) is 3.54. The zero-order chi connectivity index (χ0) is 22.2. The van der Waals surface area contributed by atoms with Gasteiger partial charge in [-0.3, -0.25) is 9.59 Å². The number of methoxy groups -OCH3 is 1.